The fourth-order valence-corrected chi connectivity index (χ4v) is 5.73. The average molecular weight is 390 g/mol. The number of nitrogens with zero attached hydrogens (tertiary/aromatic N) is 4. The summed E-state index contributed by atoms with van der Waals surface area (Å²) in [4.78, 5) is 25.6. The molecule has 8 heteroatoms. The van der Waals surface area contributed by atoms with Crippen molar-refractivity contribution in [1.29, 1.82) is 0 Å². The quantitative estimate of drug-likeness (QED) is 0.523. The number of imide groups is 1. The second-order valence-corrected chi connectivity index (χ2v) is 7.45. The van der Waals surface area contributed by atoms with Gasteiger partial charge < -0.3 is 0 Å². The number of hydrogen-bond donors (Lipinski definition) is 0. The molecule has 6 atom stereocenters. The summed E-state index contributed by atoms with van der Waals surface area (Å²) in [6.45, 7) is 0. The summed E-state index contributed by atoms with van der Waals surface area (Å²) in [6, 6.07) is 0. The van der Waals surface area contributed by atoms with E-state index in [0.29, 0.717) is 0 Å². The zero-order chi connectivity index (χ0) is 13.3. The predicted molar refractivity (Wildman–Crippen MR) is 72.3 cm³/mol. The second kappa shape index (κ2) is 3.88. The van der Waals surface area contributed by atoms with E-state index in [4.69, 9.17) is 0 Å². The van der Waals surface area contributed by atoms with E-state index in [0.717, 1.165) is 6.42 Å². The highest BCUT2D eigenvalue weighted by molar-refractivity contribution is 9.12. The second-order valence-electron chi connectivity index (χ2n) is 5.33. The minimum atomic E-state index is -0.196. The number of carbonyl (C=O) groups is 2. The maximum absolute atomic E-state index is 12.5. The number of fused-ring (bicyclic) bond motifs is 5. The monoisotopic (exact) mass is 388 g/mol. The summed E-state index contributed by atoms with van der Waals surface area (Å²) in [6.07, 6.45) is 3.71. The molecule has 1 aliphatic heterocycles. The molecule has 2 aliphatic carbocycles. The average Bonchev–Trinajstić information content (AvgIpc) is 3.10. The van der Waals surface area contributed by atoms with Crippen LogP contribution in [0.25, 0.3) is 0 Å². The highest BCUT2D eigenvalue weighted by Gasteiger charge is 2.66. The van der Waals surface area contributed by atoms with Crippen LogP contribution in [0.3, 0.4) is 0 Å². The van der Waals surface area contributed by atoms with Gasteiger partial charge in [0.05, 0.1) is 11.8 Å². The van der Waals surface area contributed by atoms with Crippen LogP contribution >= 0.6 is 31.9 Å². The lowest BCUT2D eigenvalue weighted by Crippen LogP contribution is -2.41. The number of halogens is 2. The Morgan fingerprint density at radius 2 is 1.47 bits per heavy atom. The molecule has 1 aromatic rings. The summed E-state index contributed by atoms with van der Waals surface area (Å²) >= 11 is 7.31. The molecule has 1 saturated heterocycles. The van der Waals surface area contributed by atoms with E-state index in [2.05, 4.69) is 42.1 Å². The van der Waals surface area contributed by atoms with Crippen LogP contribution in [0.1, 0.15) is 6.42 Å². The van der Waals surface area contributed by atoms with Crippen molar-refractivity contribution < 1.29 is 9.59 Å². The molecule has 3 aliphatic rings. The Morgan fingerprint density at radius 1 is 1.00 bits per heavy atom. The van der Waals surface area contributed by atoms with Gasteiger partial charge in [-0.2, -0.15) is 5.01 Å². The van der Waals surface area contributed by atoms with E-state index in [-0.39, 0.29) is 45.1 Å². The fraction of sp³-hybridized carbons (Fsp3) is 0.636. The van der Waals surface area contributed by atoms with Crippen molar-refractivity contribution in [3.8, 4) is 0 Å². The molecule has 0 aromatic carbocycles. The molecule has 2 saturated carbocycles. The lowest BCUT2D eigenvalue weighted by Gasteiger charge is -2.28. The molecule has 2 heterocycles. The van der Waals surface area contributed by atoms with Crippen LogP contribution in [0.5, 0.6) is 0 Å². The van der Waals surface area contributed by atoms with Crippen LogP contribution in [0.4, 0.5) is 0 Å². The molecule has 100 valence electrons. The zero-order valence-electron chi connectivity index (χ0n) is 9.69. The van der Waals surface area contributed by atoms with E-state index < -0.39 is 0 Å². The van der Waals surface area contributed by atoms with E-state index >= 15 is 0 Å². The summed E-state index contributed by atoms with van der Waals surface area (Å²) in [7, 11) is 0. The first-order valence-electron chi connectivity index (χ1n) is 6.12. The summed E-state index contributed by atoms with van der Waals surface area (Å²) in [5.41, 5.74) is 0. The Morgan fingerprint density at radius 3 is 1.95 bits per heavy atom. The molecule has 0 spiro atoms. The molecule has 0 unspecified atom stereocenters. The molecule has 6 nitrogen and oxygen atoms in total. The molecule has 0 N–H and O–H groups in total. The normalized spacial score (nSPS) is 44.2. The van der Waals surface area contributed by atoms with Crippen LogP contribution in [-0.4, -0.2) is 36.3 Å². The lowest BCUT2D eigenvalue weighted by molar-refractivity contribution is -0.125. The predicted octanol–water partition coefficient (Wildman–Crippen LogP) is 0.692. The Bertz CT molecular complexity index is 531. The van der Waals surface area contributed by atoms with Crippen LogP contribution in [-0.2, 0) is 9.59 Å². The van der Waals surface area contributed by atoms with Gasteiger partial charge in [0.2, 0.25) is 0 Å². The van der Waals surface area contributed by atoms with Gasteiger partial charge in [0, 0.05) is 9.65 Å². The first kappa shape index (κ1) is 12.0. The number of alkyl halides is 2. The van der Waals surface area contributed by atoms with E-state index in [1.54, 1.807) is 0 Å². The van der Waals surface area contributed by atoms with Gasteiger partial charge in [-0.3, -0.25) is 9.59 Å². The van der Waals surface area contributed by atoms with Gasteiger partial charge in [-0.1, -0.05) is 31.9 Å². The SMILES string of the molecule is O=C1[C@@H]2[C@@H]3C[C@@H]([C@H](Br)[C@@H]3Br)[C@@H]2C(=O)N1n1cnnc1. The van der Waals surface area contributed by atoms with Crippen LogP contribution in [0.2, 0.25) is 0 Å². The maximum Gasteiger partial charge on any atom is 0.252 e. The van der Waals surface area contributed by atoms with E-state index in [1.807, 2.05) is 0 Å². The van der Waals surface area contributed by atoms with Crippen molar-refractivity contribution in [1.82, 2.24) is 14.9 Å². The third-order valence-corrected chi connectivity index (χ3v) is 7.81. The number of aromatic nitrogens is 3. The molecular weight excluding hydrogens is 380 g/mol. The summed E-state index contributed by atoms with van der Waals surface area (Å²) in [5.74, 6) is -0.164. The fourth-order valence-electron chi connectivity index (χ4n) is 3.86. The smallest absolute Gasteiger partial charge is 0.252 e. The van der Waals surface area contributed by atoms with E-state index in [9.17, 15) is 9.59 Å². The molecule has 4 rings (SSSR count). The van der Waals surface area contributed by atoms with Crippen LogP contribution in [0, 0.1) is 23.7 Å². The number of amides is 2. The van der Waals surface area contributed by atoms with Gasteiger partial charge in [0.25, 0.3) is 11.8 Å². The molecule has 0 radical (unpaired) electrons. The zero-order valence-corrected chi connectivity index (χ0v) is 12.9. The van der Waals surface area contributed by atoms with Gasteiger partial charge in [-0.15, -0.1) is 10.2 Å². The van der Waals surface area contributed by atoms with Gasteiger partial charge >= 0.3 is 0 Å². The summed E-state index contributed by atoms with van der Waals surface area (Å²) in [5, 5.41) is 8.52. The highest BCUT2D eigenvalue weighted by atomic mass is 79.9. The topological polar surface area (TPSA) is 68.1 Å². The molecule has 2 amide bonds. The first-order chi connectivity index (χ1) is 9.11. The summed E-state index contributed by atoms with van der Waals surface area (Å²) < 4.78 is 1.38. The minimum absolute atomic E-state index is 0.119. The first-order valence-corrected chi connectivity index (χ1v) is 7.95. The molecular formula is C11H10Br2N4O2. The largest absolute Gasteiger partial charge is 0.272 e. The lowest BCUT2D eigenvalue weighted by atomic mass is 9.81. The Hall–Kier alpha value is -0.760. The van der Waals surface area contributed by atoms with Gasteiger partial charge in [-0.25, -0.2) is 4.68 Å². The molecule has 19 heavy (non-hydrogen) atoms. The van der Waals surface area contributed by atoms with Crippen LogP contribution < -0.4 is 5.01 Å². The standard InChI is InChI=1S/C11H10Br2N4O2/c12-8-4-1-5(9(8)13)7-6(4)10(18)17(11(7)19)16-2-14-15-3-16/h2-9H,1H2/t4-,5+,6+,7-,8+,9-. The van der Waals surface area contributed by atoms with Crippen LogP contribution in [0.15, 0.2) is 12.7 Å². The minimum Gasteiger partial charge on any atom is -0.272 e. The van der Waals surface area contributed by atoms with Gasteiger partial charge in [0.15, 0.2) is 0 Å². The Kier molecular flexibility index (Phi) is 2.45. The van der Waals surface area contributed by atoms with Gasteiger partial charge in [-0.05, 0) is 18.3 Å². The Labute approximate surface area is 125 Å². The maximum atomic E-state index is 12.5. The van der Waals surface area contributed by atoms with Crippen molar-refractivity contribution >= 4 is 43.7 Å². The Balaban J connectivity index is 1.76. The third-order valence-electron chi connectivity index (χ3n) is 4.60. The number of carbonyl (C=O) groups excluding carboxylic acids is 2. The van der Waals surface area contributed by atoms with Crippen molar-refractivity contribution in [3.05, 3.63) is 12.7 Å². The number of rotatable bonds is 1. The molecule has 1 aromatic heterocycles. The van der Waals surface area contributed by atoms with Crippen molar-refractivity contribution in [2.75, 3.05) is 5.01 Å². The third kappa shape index (κ3) is 1.36. The molecule has 3 fully saturated rings. The van der Waals surface area contributed by atoms with E-state index in [1.165, 1.54) is 22.3 Å². The number of hydrogen-bond acceptors (Lipinski definition) is 4. The van der Waals surface area contributed by atoms with Crippen molar-refractivity contribution in [3.63, 3.8) is 0 Å². The van der Waals surface area contributed by atoms with Crippen molar-refractivity contribution in [2.24, 2.45) is 23.7 Å². The molecule has 2 bridgehead atoms. The van der Waals surface area contributed by atoms with Crippen molar-refractivity contribution in [2.45, 2.75) is 16.1 Å². The highest BCUT2D eigenvalue weighted by Crippen LogP contribution is 2.59. The van der Waals surface area contributed by atoms with Gasteiger partial charge in [0.1, 0.15) is 12.7 Å².